The summed E-state index contributed by atoms with van der Waals surface area (Å²) < 4.78 is 52.9. The highest BCUT2D eigenvalue weighted by molar-refractivity contribution is 6.42. The van der Waals surface area contributed by atoms with Crippen LogP contribution in [0, 0.1) is 5.82 Å². The number of amides is 2. The Morgan fingerprint density at radius 1 is 1.12 bits per heavy atom. The summed E-state index contributed by atoms with van der Waals surface area (Å²) in [5.41, 5.74) is -1.39. The minimum atomic E-state index is -4.75. The van der Waals surface area contributed by atoms with E-state index in [1.165, 1.54) is 42.5 Å². The highest BCUT2D eigenvalue weighted by atomic mass is 35.5. The highest BCUT2D eigenvalue weighted by Crippen LogP contribution is 2.38. The molecule has 0 bridgehead atoms. The second-order valence-corrected chi connectivity index (χ2v) is 8.47. The van der Waals surface area contributed by atoms with Gasteiger partial charge in [0.1, 0.15) is 12.2 Å². The van der Waals surface area contributed by atoms with Crippen molar-refractivity contribution in [1.82, 2.24) is 9.80 Å². The molecule has 34 heavy (non-hydrogen) atoms. The zero-order valence-corrected chi connectivity index (χ0v) is 19.6. The number of hydrogen-bond acceptors (Lipinski definition) is 2. The Balaban J connectivity index is 2.68. The molecule has 0 radical (unpaired) electrons. The number of nitrogens with zero attached hydrogens (tertiary/aromatic N) is 2. The van der Waals surface area contributed by atoms with Crippen LogP contribution in [-0.4, -0.2) is 46.7 Å². The van der Waals surface area contributed by atoms with Gasteiger partial charge in [0.05, 0.1) is 22.1 Å². The molecule has 0 saturated carbocycles. The highest BCUT2D eigenvalue weighted by Gasteiger charge is 2.44. The van der Waals surface area contributed by atoms with Crippen LogP contribution in [0.25, 0.3) is 0 Å². The predicted octanol–water partition coefficient (Wildman–Crippen LogP) is 6.49. The second-order valence-electron chi connectivity index (χ2n) is 7.66. The lowest BCUT2D eigenvalue weighted by Crippen LogP contribution is -2.55. The number of rotatable bonds is 9. The van der Waals surface area contributed by atoms with Crippen molar-refractivity contribution in [2.75, 3.05) is 13.6 Å². The third-order valence-corrected chi connectivity index (χ3v) is 5.99. The van der Waals surface area contributed by atoms with Gasteiger partial charge in [-0.15, -0.1) is 6.58 Å². The monoisotopic (exact) mass is 520 g/mol. The number of alkyl halides is 3. The van der Waals surface area contributed by atoms with Crippen LogP contribution < -0.4 is 0 Å². The smallest absolute Gasteiger partial charge is 0.408 e. The van der Waals surface area contributed by atoms with E-state index < -0.39 is 49.0 Å². The molecule has 11 heteroatoms. The van der Waals surface area contributed by atoms with Gasteiger partial charge in [-0.1, -0.05) is 53.5 Å². The van der Waals surface area contributed by atoms with Crippen LogP contribution in [0.4, 0.5) is 22.4 Å². The van der Waals surface area contributed by atoms with E-state index in [4.69, 9.17) is 23.2 Å². The van der Waals surface area contributed by atoms with Crippen molar-refractivity contribution in [3.63, 3.8) is 0 Å². The molecule has 0 heterocycles. The van der Waals surface area contributed by atoms with Gasteiger partial charge < -0.3 is 10.0 Å². The lowest BCUT2D eigenvalue weighted by atomic mass is 9.83. The quantitative estimate of drug-likeness (QED) is 0.303. The van der Waals surface area contributed by atoms with Gasteiger partial charge in [-0.3, -0.25) is 9.69 Å². The number of likely N-dealkylation sites (N-methyl/N-ethyl adjacent to an activating group) is 1. The van der Waals surface area contributed by atoms with Crippen molar-refractivity contribution < 1.29 is 32.3 Å². The molecule has 2 amide bonds. The molecular formula is C23H22Cl2F4N2O3. The maximum absolute atomic E-state index is 14.4. The first-order valence-electron chi connectivity index (χ1n) is 9.92. The summed E-state index contributed by atoms with van der Waals surface area (Å²) in [5, 5.41) is 10.4. The molecule has 0 aliphatic carbocycles. The summed E-state index contributed by atoms with van der Waals surface area (Å²) in [5.74, 6) is -1.94. The Bertz CT molecular complexity index is 1060. The van der Waals surface area contributed by atoms with Crippen molar-refractivity contribution in [1.29, 1.82) is 0 Å². The number of carboxylic acid groups (broad SMARTS) is 1. The van der Waals surface area contributed by atoms with E-state index in [0.29, 0.717) is 0 Å². The molecular weight excluding hydrogens is 499 g/mol. The molecule has 0 saturated heterocycles. The first-order valence-corrected chi connectivity index (χ1v) is 10.7. The Morgan fingerprint density at radius 2 is 1.76 bits per heavy atom. The van der Waals surface area contributed by atoms with Crippen LogP contribution in [-0.2, 0) is 16.9 Å². The topological polar surface area (TPSA) is 60.9 Å². The van der Waals surface area contributed by atoms with Crippen molar-refractivity contribution in [2.45, 2.75) is 31.1 Å². The van der Waals surface area contributed by atoms with E-state index >= 15 is 0 Å². The van der Waals surface area contributed by atoms with Crippen LogP contribution >= 0.6 is 23.2 Å². The van der Waals surface area contributed by atoms with Crippen LogP contribution in [0.15, 0.2) is 55.1 Å². The maximum Gasteiger partial charge on any atom is 0.408 e. The molecule has 2 aromatic carbocycles. The summed E-state index contributed by atoms with van der Waals surface area (Å²) in [6.45, 7) is 2.70. The van der Waals surface area contributed by atoms with E-state index in [2.05, 4.69) is 6.58 Å². The molecule has 2 rings (SSSR count). The largest absolute Gasteiger partial charge is 0.465 e. The summed E-state index contributed by atoms with van der Waals surface area (Å²) in [6.07, 6.45) is -6.74. The van der Waals surface area contributed by atoms with Gasteiger partial charge in [-0.2, -0.15) is 13.2 Å². The maximum atomic E-state index is 14.4. The van der Waals surface area contributed by atoms with Gasteiger partial charge in [0.2, 0.25) is 5.91 Å². The average Bonchev–Trinajstić information content (AvgIpc) is 2.73. The van der Waals surface area contributed by atoms with E-state index in [1.807, 2.05) is 0 Å². The molecule has 0 aliphatic rings. The van der Waals surface area contributed by atoms with E-state index in [9.17, 15) is 32.3 Å². The number of benzene rings is 2. The summed E-state index contributed by atoms with van der Waals surface area (Å²) in [4.78, 5) is 26.4. The third-order valence-electron chi connectivity index (χ3n) is 5.25. The average molecular weight is 521 g/mol. The first kappa shape index (κ1) is 27.5. The SMILES string of the molecule is C=CC[C@@](CN(C)C(=O)CC(F)(F)F)(c1ccc(Cl)c(Cl)c1)N(Cc1ccccc1F)C(=O)O. The molecule has 184 valence electrons. The van der Waals surface area contributed by atoms with Crippen LogP contribution in [0.1, 0.15) is 24.0 Å². The van der Waals surface area contributed by atoms with Crippen LogP contribution in [0.3, 0.4) is 0 Å². The molecule has 0 spiro atoms. The van der Waals surface area contributed by atoms with Crippen molar-refractivity contribution in [3.05, 3.63) is 82.1 Å². The standard InChI is InChI=1S/C23H22Cl2F4N2O3/c1-3-10-22(16-8-9-17(24)18(25)11-16,14-30(2)20(32)12-23(27,28)29)31(21(33)34)13-15-6-4-5-7-19(15)26/h3-9,11H,1,10,12-14H2,2H3,(H,33,34)/t22-/m1/s1. The third kappa shape index (κ3) is 6.64. The van der Waals surface area contributed by atoms with Crippen molar-refractivity contribution >= 4 is 35.2 Å². The summed E-state index contributed by atoms with van der Waals surface area (Å²) in [7, 11) is 1.13. The fourth-order valence-corrected chi connectivity index (χ4v) is 3.93. The van der Waals surface area contributed by atoms with Gasteiger partial charge in [0.25, 0.3) is 0 Å². The second kappa shape index (κ2) is 11.1. The Morgan fingerprint density at radius 3 is 2.29 bits per heavy atom. The van der Waals surface area contributed by atoms with E-state index in [-0.39, 0.29) is 27.6 Å². The Labute approximate surface area is 204 Å². The molecule has 0 unspecified atom stereocenters. The Hall–Kier alpha value is -2.78. The fourth-order valence-electron chi connectivity index (χ4n) is 3.64. The zero-order valence-electron chi connectivity index (χ0n) is 18.1. The van der Waals surface area contributed by atoms with Gasteiger partial charge in [0.15, 0.2) is 0 Å². The van der Waals surface area contributed by atoms with Gasteiger partial charge in [0, 0.05) is 19.2 Å². The van der Waals surface area contributed by atoms with Gasteiger partial charge in [-0.05, 0) is 30.2 Å². The van der Waals surface area contributed by atoms with Crippen LogP contribution in [0.2, 0.25) is 10.0 Å². The van der Waals surface area contributed by atoms with E-state index in [1.54, 1.807) is 0 Å². The van der Waals surface area contributed by atoms with Crippen molar-refractivity contribution in [3.8, 4) is 0 Å². The zero-order chi connectivity index (χ0) is 25.7. The molecule has 0 aliphatic heterocycles. The van der Waals surface area contributed by atoms with Gasteiger partial charge >= 0.3 is 12.3 Å². The summed E-state index contributed by atoms with van der Waals surface area (Å²) >= 11 is 12.2. The normalized spacial score (nSPS) is 13.1. The fraction of sp³-hybridized carbons (Fsp3) is 0.304. The van der Waals surface area contributed by atoms with Crippen LogP contribution in [0.5, 0.6) is 0 Å². The molecule has 1 N–H and O–H groups in total. The van der Waals surface area contributed by atoms with Crippen molar-refractivity contribution in [2.24, 2.45) is 0 Å². The lowest BCUT2D eigenvalue weighted by molar-refractivity contribution is -0.161. The summed E-state index contributed by atoms with van der Waals surface area (Å²) in [6, 6.07) is 9.72. The number of hydrogen-bond donors (Lipinski definition) is 1. The molecule has 5 nitrogen and oxygen atoms in total. The lowest BCUT2D eigenvalue weighted by Gasteiger charge is -2.45. The first-order chi connectivity index (χ1) is 15.8. The number of halogens is 6. The minimum absolute atomic E-state index is 0.0302. The molecule has 0 fully saturated rings. The van der Waals surface area contributed by atoms with E-state index in [0.717, 1.165) is 22.9 Å². The van der Waals surface area contributed by atoms with Gasteiger partial charge in [-0.25, -0.2) is 9.18 Å². The molecule has 1 atom stereocenters. The number of carbonyl (C=O) groups is 2. The molecule has 2 aromatic rings. The molecule has 0 aromatic heterocycles. The minimum Gasteiger partial charge on any atom is -0.465 e. The Kier molecular flexibility index (Phi) is 8.96. The predicted molar refractivity (Wildman–Crippen MR) is 121 cm³/mol. The number of carbonyl (C=O) groups excluding carboxylic acids is 1.